The van der Waals surface area contributed by atoms with E-state index in [1.165, 1.54) is 42.6 Å². The van der Waals surface area contributed by atoms with Gasteiger partial charge in [0.2, 0.25) is 5.91 Å². The number of ether oxygens (including phenoxy) is 1. The fourth-order valence-corrected chi connectivity index (χ4v) is 4.36. The van der Waals surface area contributed by atoms with Gasteiger partial charge >= 0.3 is 6.03 Å². The van der Waals surface area contributed by atoms with Crippen LogP contribution in [0.5, 0.6) is 0 Å². The number of halogens is 2. The minimum Gasteiger partial charge on any atom is -0.380 e. The number of urea groups is 1. The molecule has 2 N–H and O–H groups in total. The molecule has 1 aliphatic heterocycles. The quantitative estimate of drug-likeness (QED) is 0.479. The number of methoxy groups -OCH3 is 1. The van der Waals surface area contributed by atoms with Crippen molar-refractivity contribution in [1.82, 2.24) is 14.5 Å². The Bertz CT molecular complexity index is 1500. The number of carbonyl (C=O) groups excluding carboxylic acids is 2. The first-order valence-corrected chi connectivity index (χ1v) is 12.2. The molecule has 3 amide bonds. The van der Waals surface area contributed by atoms with Gasteiger partial charge < -0.3 is 19.9 Å². The number of likely N-dealkylation sites (tertiary alicyclic amines) is 1. The average Bonchev–Trinajstić information content (AvgIpc) is 3.36. The highest BCUT2D eigenvalue weighted by molar-refractivity contribution is 6.30. The summed E-state index contributed by atoms with van der Waals surface area (Å²) in [5, 5.41) is 15.0. The molecule has 3 heterocycles. The van der Waals surface area contributed by atoms with Gasteiger partial charge in [0.25, 0.3) is 5.56 Å². The number of aromatic nitrogens is 2. The maximum Gasteiger partial charge on any atom is 0.323 e. The van der Waals surface area contributed by atoms with Crippen LogP contribution >= 0.6 is 11.6 Å². The van der Waals surface area contributed by atoms with Gasteiger partial charge in [0, 0.05) is 52.6 Å². The van der Waals surface area contributed by atoms with E-state index < -0.39 is 35.5 Å². The van der Waals surface area contributed by atoms with Crippen LogP contribution < -0.4 is 21.1 Å². The van der Waals surface area contributed by atoms with Crippen molar-refractivity contribution in [2.75, 3.05) is 43.3 Å². The van der Waals surface area contributed by atoms with Crippen molar-refractivity contribution in [3.63, 3.8) is 0 Å². The number of nitrogens with zero attached hydrogens (tertiary/aromatic N) is 5. The summed E-state index contributed by atoms with van der Waals surface area (Å²) in [7, 11) is 4.89. The molecule has 39 heavy (non-hydrogen) atoms. The van der Waals surface area contributed by atoms with Crippen LogP contribution in [0.15, 0.2) is 53.6 Å². The van der Waals surface area contributed by atoms with Crippen LogP contribution in [-0.2, 0) is 9.53 Å². The summed E-state index contributed by atoms with van der Waals surface area (Å²) in [5.74, 6) is -1.16. The Morgan fingerprint density at radius 3 is 2.62 bits per heavy atom. The number of hydrogen-bond acceptors (Lipinski definition) is 7. The van der Waals surface area contributed by atoms with E-state index in [9.17, 15) is 19.6 Å². The lowest BCUT2D eigenvalue weighted by Crippen LogP contribution is -2.45. The zero-order valence-electron chi connectivity index (χ0n) is 21.3. The van der Waals surface area contributed by atoms with Crippen LogP contribution in [-0.4, -0.2) is 66.3 Å². The normalized spacial score (nSPS) is 16.5. The van der Waals surface area contributed by atoms with Crippen LogP contribution in [0.2, 0.25) is 5.02 Å². The first-order valence-electron chi connectivity index (χ1n) is 11.8. The van der Waals surface area contributed by atoms with Crippen LogP contribution in [0.3, 0.4) is 0 Å². The average molecular weight is 554 g/mol. The second kappa shape index (κ2) is 11.5. The first-order chi connectivity index (χ1) is 18.6. The van der Waals surface area contributed by atoms with Gasteiger partial charge in [0.05, 0.1) is 28.2 Å². The second-order valence-electron chi connectivity index (χ2n) is 8.96. The number of hydrogen-bond donors (Lipinski definition) is 2. The van der Waals surface area contributed by atoms with Gasteiger partial charge in [-0.25, -0.2) is 14.2 Å². The minimum atomic E-state index is -0.944. The Kier molecular flexibility index (Phi) is 8.13. The molecule has 202 valence electrons. The number of benzene rings is 1. The first kappa shape index (κ1) is 27.6. The van der Waals surface area contributed by atoms with Gasteiger partial charge in [-0.2, -0.15) is 5.26 Å². The van der Waals surface area contributed by atoms with Gasteiger partial charge in [0.1, 0.15) is 29.3 Å². The maximum absolute atomic E-state index is 15.1. The van der Waals surface area contributed by atoms with Crippen molar-refractivity contribution in [2.45, 2.75) is 18.6 Å². The maximum atomic E-state index is 15.1. The number of anilines is 3. The standard InChI is InChI=1S/C26H25ClFN7O4/c1-33(2)21-8-9-34(25(37)18(21)12-29)16-5-6-20(19(28)10-16)31-24(36)22-11-17(39-3)14-35(22)26(38)32-23-7-4-15(27)13-30-23/h4-10,13,17,22H,11,14H2,1-3H3,(H,31,36)(H,30,32,38)/t17-,22-/m1/s1. The Morgan fingerprint density at radius 1 is 1.23 bits per heavy atom. The van der Waals surface area contributed by atoms with E-state index in [0.717, 1.165) is 10.6 Å². The third-order valence-corrected chi connectivity index (χ3v) is 6.50. The molecular formula is C26H25ClFN7O4. The molecule has 0 bridgehead atoms. The largest absolute Gasteiger partial charge is 0.380 e. The van der Waals surface area contributed by atoms with Gasteiger partial charge in [-0.1, -0.05) is 11.6 Å². The van der Waals surface area contributed by atoms with E-state index in [1.54, 1.807) is 31.1 Å². The smallest absolute Gasteiger partial charge is 0.323 e. The summed E-state index contributed by atoms with van der Waals surface area (Å²) in [6.45, 7) is 0.141. The number of nitriles is 1. The minimum absolute atomic E-state index is 0.0820. The SMILES string of the molecule is CO[C@@H]1C[C@H](C(=O)Nc2ccc(-n3ccc(N(C)C)c(C#N)c3=O)cc2F)N(C(=O)Nc2ccc(Cl)cn2)C1. The van der Waals surface area contributed by atoms with Crippen molar-refractivity contribution in [2.24, 2.45) is 0 Å². The van der Waals surface area contributed by atoms with E-state index in [2.05, 4.69) is 15.6 Å². The van der Waals surface area contributed by atoms with Gasteiger partial charge in [0.15, 0.2) is 0 Å². The topological polar surface area (TPSA) is 133 Å². The zero-order chi connectivity index (χ0) is 28.3. The Hall–Kier alpha value is -4.47. The Morgan fingerprint density at radius 2 is 2.00 bits per heavy atom. The van der Waals surface area contributed by atoms with Crippen molar-refractivity contribution in [3.05, 3.63) is 75.5 Å². The molecule has 1 aliphatic rings. The summed E-state index contributed by atoms with van der Waals surface area (Å²) in [5.41, 5.74) is -0.207. The predicted octanol–water partition coefficient (Wildman–Crippen LogP) is 3.22. The Labute approximate surface area is 228 Å². The number of nitrogens with one attached hydrogen (secondary N) is 2. The zero-order valence-corrected chi connectivity index (χ0v) is 22.1. The number of rotatable bonds is 6. The van der Waals surface area contributed by atoms with E-state index in [4.69, 9.17) is 16.3 Å². The third-order valence-electron chi connectivity index (χ3n) is 6.27. The molecule has 2 aromatic heterocycles. The molecule has 4 rings (SSSR count). The summed E-state index contributed by atoms with van der Waals surface area (Å²) in [6, 6.07) is 8.88. The molecule has 1 fully saturated rings. The molecule has 0 aliphatic carbocycles. The number of pyridine rings is 2. The van der Waals surface area contributed by atoms with Crippen molar-refractivity contribution in [1.29, 1.82) is 5.26 Å². The van der Waals surface area contributed by atoms with E-state index in [0.29, 0.717) is 10.7 Å². The molecule has 11 nitrogen and oxygen atoms in total. The van der Waals surface area contributed by atoms with E-state index >= 15 is 4.39 Å². The molecule has 1 saturated heterocycles. The van der Waals surface area contributed by atoms with Gasteiger partial charge in [-0.15, -0.1) is 0 Å². The highest BCUT2D eigenvalue weighted by Crippen LogP contribution is 2.25. The van der Waals surface area contributed by atoms with Gasteiger partial charge in [-0.05, 0) is 30.3 Å². The molecule has 0 radical (unpaired) electrons. The number of amides is 3. The molecule has 0 unspecified atom stereocenters. The lowest BCUT2D eigenvalue weighted by molar-refractivity contribution is -0.119. The van der Waals surface area contributed by atoms with Crippen LogP contribution in [0.4, 0.5) is 26.4 Å². The van der Waals surface area contributed by atoms with Gasteiger partial charge in [-0.3, -0.25) is 19.5 Å². The summed E-state index contributed by atoms with van der Waals surface area (Å²) in [4.78, 5) is 45.9. The Balaban J connectivity index is 1.53. The second-order valence-corrected chi connectivity index (χ2v) is 9.40. The van der Waals surface area contributed by atoms with Crippen molar-refractivity contribution in [3.8, 4) is 11.8 Å². The van der Waals surface area contributed by atoms with Crippen molar-refractivity contribution >= 4 is 40.7 Å². The highest BCUT2D eigenvalue weighted by atomic mass is 35.5. The summed E-state index contributed by atoms with van der Waals surface area (Å²) >= 11 is 5.83. The molecule has 1 aromatic carbocycles. The molecule has 0 saturated carbocycles. The predicted molar refractivity (Wildman–Crippen MR) is 144 cm³/mol. The highest BCUT2D eigenvalue weighted by Gasteiger charge is 2.40. The van der Waals surface area contributed by atoms with E-state index in [-0.39, 0.29) is 35.7 Å². The molecule has 2 atom stereocenters. The van der Waals surface area contributed by atoms with Crippen LogP contribution in [0.1, 0.15) is 12.0 Å². The third kappa shape index (κ3) is 5.84. The van der Waals surface area contributed by atoms with E-state index in [1.807, 2.05) is 6.07 Å². The lowest BCUT2D eigenvalue weighted by Gasteiger charge is -2.24. The van der Waals surface area contributed by atoms with Crippen LogP contribution in [0.25, 0.3) is 5.69 Å². The fourth-order valence-electron chi connectivity index (χ4n) is 4.25. The molecule has 3 aromatic rings. The van der Waals surface area contributed by atoms with Crippen molar-refractivity contribution < 1.29 is 18.7 Å². The lowest BCUT2D eigenvalue weighted by atomic mass is 10.1. The molecule has 13 heteroatoms. The van der Waals surface area contributed by atoms with Crippen LogP contribution in [0, 0.1) is 17.1 Å². The summed E-state index contributed by atoms with van der Waals surface area (Å²) < 4.78 is 21.6. The number of carbonyl (C=O) groups is 2. The molecular weight excluding hydrogens is 529 g/mol. The monoisotopic (exact) mass is 553 g/mol. The molecule has 0 spiro atoms. The summed E-state index contributed by atoms with van der Waals surface area (Å²) in [6.07, 6.45) is 2.62. The fraction of sp³-hybridized carbons (Fsp3) is 0.269.